The highest BCUT2D eigenvalue weighted by molar-refractivity contribution is 5.94. The molecule has 1 rings (SSSR count). The molecular formula is C12H20N4O. The molecule has 4 N–H and O–H groups in total. The molecule has 0 aliphatic carbocycles. The van der Waals surface area contributed by atoms with E-state index in [0.29, 0.717) is 19.1 Å². The van der Waals surface area contributed by atoms with Crippen molar-refractivity contribution in [2.75, 3.05) is 25.6 Å². The van der Waals surface area contributed by atoms with E-state index in [0.717, 1.165) is 16.8 Å². The zero-order chi connectivity index (χ0) is 12.7. The number of hydrazine groups is 1. The van der Waals surface area contributed by atoms with Crippen LogP contribution in [0.15, 0.2) is 23.2 Å². The maximum atomic E-state index is 5.42. The fraction of sp³-hybridized carbons (Fsp3) is 0.417. The number of nitrogens with two attached hydrogens (primary N) is 1. The lowest BCUT2D eigenvalue weighted by molar-refractivity contribution is 0.208. The van der Waals surface area contributed by atoms with E-state index in [-0.39, 0.29) is 0 Å². The van der Waals surface area contributed by atoms with Crippen LogP contribution in [0.3, 0.4) is 0 Å². The first kappa shape index (κ1) is 13.5. The van der Waals surface area contributed by atoms with Crippen LogP contribution in [0.1, 0.15) is 11.1 Å². The quantitative estimate of drug-likeness (QED) is 0.241. The van der Waals surface area contributed by atoms with Crippen molar-refractivity contribution in [1.29, 1.82) is 0 Å². The van der Waals surface area contributed by atoms with E-state index in [9.17, 15) is 0 Å². The molecule has 0 saturated heterocycles. The van der Waals surface area contributed by atoms with Gasteiger partial charge in [-0.15, -0.1) is 0 Å². The van der Waals surface area contributed by atoms with Gasteiger partial charge in [-0.2, -0.15) is 0 Å². The van der Waals surface area contributed by atoms with E-state index in [2.05, 4.69) is 15.7 Å². The van der Waals surface area contributed by atoms with Gasteiger partial charge >= 0.3 is 0 Å². The number of aryl methyl sites for hydroxylation is 2. The largest absolute Gasteiger partial charge is 0.383 e. The predicted octanol–water partition coefficient (Wildman–Crippen LogP) is 1.18. The van der Waals surface area contributed by atoms with Crippen molar-refractivity contribution in [2.24, 2.45) is 10.8 Å². The van der Waals surface area contributed by atoms with Crippen molar-refractivity contribution in [2.45, 2.75) is 13.8 Å². The predicted molar refractivity (Wildman–Crippen MR) is 71.0 cm³/mol. The van der Waals surface area contributed by atoms with Crippen LogP contribution >= 0.6 is 0 Å². The highest BCUT2D eigenvalue weighted by Gasteiger charge is 2.03. The summed E-state index contributed by atoms with van der Waals surface area (Å²) < 4.78 is 4.93. The van der Waals surface area contributed by atoms with E-state index in [1.165, 1.54) is 0 Å². The van der Waals surface area contributed by atoms with Crippen molar-refractivity contribution in [3.63, 3.8) is 0 Å². The Morgan fingerprint density at radius 1 is 1.35 bits per heavy atom. The molecule has 94 valence electrons. The van der Waals surface area contributed by atoms with E-state index < -0.39 is 0 Å². The number of rotatable bonds is 4. The van der Waals surface area contributed by atoms with Gasteiger partial charge in [0.2, 0.25) is 5.96 Å². The van der Waals surface area contributed by atoms with E-state index in [1.54, 1.807) is 7.11 Å². The van der Waals surface area contributed by atoms with Gasteiger partial charge in [-0.1, -0.05) is 18.2 Å². The summed E-state index contributed by atoms with van der Waals surface area (Å²) in [7, 11) is 1.64. The van der Waals surface area contributed by atoms with Gasteiger partial charge in [0.25, 0.3) is 0 Å². The Morgan fingerprint density at radius 2 is 2.00 bits per heavy atom. The first-order valence-electron chi connectivity index (χ1n) is 5.52. The Morgan fingerprint density at radius 3 is 2.53 bits per heavy atom. The fourth-order valence-corrected chi connectivity index (χ4v) is 1.50. The molecule has 0 amide bonds. The van der Waals surface area contributed by atoms with Crippen LogP contribution in [0.25, 0.3) is 0 Å². The van der Waals surface area contributed by atoms with Crippen LogP contribution in [0, 0.1) is 13.8 Å². The van der Waals surface area contributed by atoms with E-state index in [4.69, 9.17) is 10.6 Å². The molecule has 5 heteroatoms. The number of hydrogen-bond acceptors (Lipinski definition) is 3. The zero-order valence-corrected chi connectivity index (χ0v) is 10.6. The molecule has 0 aliphatic heterocycles. The van der Waals surface area contributed by atoms with Gasteiger partial charge in [0.15, 0.2) is 0 Å². The second-order valence-electron chi connectivity index (χ2n) is 3.76. The smallest absolute Gasteiger partial charge is 0.210 e. The molecule has 0 spiro atoms. The molecule has 0 heterocycles. The number of guanidine groups is 1. The minimum atomic E-state index is 0.541. The summed E-state index contributed by atoms with van der Waals surface area (Å²) in [6.45, 7) is 5.21. The lowest BCUT2D eigenvalue weighted by Gasteiger charge is -2.13. The molecular weight excluding hydrogens is 216 g/mol. The van der Waals surface area contributed by atoms with Crippen LogP contribution in [0.4, 0.5) is 5.69 Å². The molecule has 0 bridgehead atoms. The van der Waals surface area contributed by atoms with Gasteiger partial charge in [0.05, 0.1) is 13.2 Å². The Balaban J connectivity index is 2.77. The monoisotopic (exact) mass is 236 g/mol. The maximum Gasteiger partial charge on any atom is 0.210 e. The number of para-hydroxylation sites is 1. The molecule has 0 unspecified atom stereocenters. The summed E-state index contributed by atoms with van der Waals surface area (Å²) in [4.78, 5) is 4.25. The van der Waals surface area contributed by atoms with Crippen LogP contribution in [0.2, 0.25) is 0 Å². The van der Waals surface area contributed by atoms with Gasteiger partial charge in [0.1, 0.15) is 0 Å². The third-order valence-corrected chi connectivity index (χ3v) is 2.43. The van der Waals surface area contributed by atoms with Crippen molar-refractivity contribution in [3.8, 4) is 0 Å². The van der Waals surface area contributed by atoms with Crippen molar-refractivity contribution in [3.05, 3.63) is 29.3 Å². The first-order chi connectivity index (χ1) is 8.19. The molecule has 0 fully saturated rings. The van der Waals surface area contributed by atoms with Crippen molar-refractivity contribution in [1.82, 2.24) is 5.43 Å². The lowest BCUT2D eigenvalue weighted by atomic mass is 10.1. The summed E-state index contributed by atoms with van der Waals surface area (Å²) in [5, 5.41) is 3.18. The summed E-state index contributed by atoms with van der Waals surface area (Å²) in [6.07, 6.45) is 0. The number of ether oxygens (including phenoxy) is 1. The zero-order valence-electron chi connectivity index (χ0n) is 10.6. The molecule has 1 aromatic carbocycles. The van der Waals surface area contributed by atoms with Gasteiger partial charge < -0.3 is 10.1 Å². The second kappa shape index (κ2) is 6.88. The van der Waals surface area contributed by atoms with Crippen molar-refractivity contribution < 1.29 is 4.74 Å². The fourth-order valence-electron chi connectivity index (χ4n) is 1.50. The Labute approximate surface area is 102 Å². The molecule has 0 aliphatic rings. The number of nitrogens with one attached hydrogen (secondary N) is 2. The Hall–Kier alpha value is -1.59. The molecule has 0 atom stereocenters. The molecule has 0 aromatic heterocycles. The molecule has 0 saturated carbocycles. The second-order valence-corrected chi connectivity index (χ2v) is 3.76. The van der Waals surface area contributed by atoms with Gasteiger partial charge in [0, 0.05) is 12.8 Å². The number of hydrogen-bond donors (Lipinski definition) is 3. The van der Waals surface area contributed by atoms with Crippen molar-refractivity contribution >= 4 is 11.6 Å². The van der Waals surface area contributed by atoms with Crippen LogP contribution in [0.5, 0.6) is 0 Å². The van der Waals surface area contributed by atoms with Crippen LogP contribution in [-0.4, -0.2) is 26.2 Å². The molecule has 17 heavy (non-hydrogen) atoms. The Kier molecular flexibility index (Phi) is 5.45. The van der Waals surface area contributed by atoms with Crippen LogP contribution < -0.4 is 16.6 Å². The lowest BCUT2D eigenvalue weighted by Crippen LogP contribution is -2.37. The van der Waals surface area contributed by atoms with Gasteiger partial charge in [-0.05, 0) is 25.0 Å². The van der Waals surface area contributed by atoms with Crippen LogP contribution in [-0.2, 0) is 4.74 Å². The third kappa shape index (κ3) is 4.05. The maximum absolute atomic E-state index is 5.42. The molecule has 1 aromatic rings. The first-order valence-corrected chi connectivity index (χ1v) is 5.52. The minimum Gasteiger partial charge on any atom is -0.383 e. The third-order valence-electron chi connectivity index (χ3n) is 2.43. The molecule has 5 nitrogen and oxygen atoms in total. The SMILES string of the molecule is COCCN=C(NN)Nc1c(C)cccc1C. The highest BCUT2D eigenvalue weighted by atomic mass is 16.5. The van der Waals surface area contributed by atoms with E-state index >= 15 is 0 Å². The summed E-state index contributed by atoms with van der Waals surface area (Å²) >= 11 is 0. The summed E-state index contributed by atoms with van der Waals surface area (Å²) in [6, 6.07) is 6.10. The average Bonchev–Trinajstić information content (AvgIpc) is 2.32. The van der Waals surface area contributed by atoms with E-state index in [1.807, 2.05) is 32.0 Å². The highest BCUT2D eigenvalue weighted by Crippen LogP contribution is 2.18. The summed E-state index contributed by atoms with van der Waals surface area (Å²) in [5.41, 5.74) is 5.88. The number of aliphatic imine (C=N–C) groups is 1. The standard InChI is InChI=1S/C12H20N4O/c1-9-5-4-6-10(2)11(9)15-12(16-13)14-7-8-17-3/h4-6H,7-8,13H2,1-3H3,(H2,14,15,16). The topological polar surface area (TPSA) is 71.7 Å². The average molecular weight is 236 g/mol. The number of benzene rings is 1. The normalized spacial score (nSPS) is 11.4. The number of nitrogens with zero attached hydrogens (tertiary/aromatic N) is 1. The molecule has 0 radical (unpaired) electrons. The summed E-state index contributed by atoms with van der Waals surface area (Å²) in [5.74, 6) is 5.96. The number of anilines is 1. The minimum absolute atomic E-state index is 0.541. The van der Waals surface area contributed by atoms with Gasteiger partial charge in [-0.3, -0.25) is 5.43 Å². The van der Waals surface area contributed by atoms with Gasteiger partial charge in [-0.25, -0.2) is 10.8 Å². The Bertz CT molecular complexity index is 370. The number of methoxy groups -OCH3 is 1.